The van der Waals surface area contributed by atoms with E-state index < -0.39 is 9.05 Å². The maximum atomic E-state index is 11.4. The largest absolute Gasteiger partial charge is 0.487 e. The van der Waals surface area contributed by atoms with Crippen LogP contribution in [0.2, 0.25) is 0 Å². The predicted molar refractivity (Wildman–Crippen MR) is 76.5 cm³/mol. The van der Waals surface area contributed by atoms with Crippen molar-refractivity contribution in [3.8, 4) is 5.75 Å². The molecule has 20 heavy (non-hydrogen) atoms. The Balaban J connectivity index is 2.23. The van der Waals surface area contributed by atoms with Gasteiger partial charge in [-0.05, 0) is 43.2 Å². The maximum Gasteiger partial charge on any atom is 0.261 e. The van der Waals surface area contributed by atoms with Gasteiger partial charge in [-0.3, -0.25) is 4.68 Å². The highest BCUT2D eigenvalue weighted by molar-refractivity contribution is 8.13. The summed E-state index contributed by atoms with van der Waals surface area (Å²) >= 11 is 0. The van der Waals surface area contributed by atoms with Crippen LogP contribution in [0.15, 0.2) is 29.3 Å². The number of hydrogen-bond acceptors (Lipinski definition) is 4. The molecule has 1 aromatic heterocycles. The van der Waals surface area contributed by atoms with Crippen molar-refractivity contribution in [1.29, 1.82) is 0 Å². The quantitative estimate of drug-likeness (QED) is 0.814. The Hall–Kier alpha value is -1.53. The van der Waals surface area contributed by atoms with Crippen LogP contribution < -0.4 is 4.74 Å². The van der Waals surface area contributed by atoms with E-state index in [1.54, 1.807) is 24.6 Å². The van der Waals surface area contributed by atoms with Crippen LogP contribution in [0.5, 0.6) is 5.75 Å². The number of benzene rings is 1. The molecule has 0 spiro atoms. The first-order chi connectivity index (χ1) is 9.27. The fraction of sp³-hybridized carbons (Fsp3) is 0.308. The molecule has 0 aliphatic carbocycles. The zero-order chi connectivity index (χ0) is 14.9. The molecule has 0 radical (unpaired) electrons. The van der Waals surface area contributed by atoms with E-state index >= 15 is 0 Å². The fourth-order valence-corrected chi connectivity index (χ4v) is 3.13. The lowest BCUT2D eigenvalue weighted by atomic mass is 10.1. The summed E-state index contributed by atoms with van der Waals surface area (Å²) in [6.07, 6.45) is 1.83. The zero-order valence-corrected chi connectivity index (χ0v) is 13.0. The lowest BCUT2D eigenvalue weighted by Gasteiger charge is -2.11. The summed E-state index contributed by atoms with van der Waals surface area (Å²) in [5, 5.41) is 4.21. The van der Waals surface area contributed by atoms with Gasteiger partial charge in [0.15, 0.2) is 0 Å². The number of ether oxygens (including phenoxy) is 1. The van der Waals surface area contributed by atoms with E-state index in [1.165, 1.54) is 6.07 Å². The van der Waals surface area contributed by atoms with Gasteiger partial charge in [0.1, 0.15) is 12.4 Å². The van der Waals surface area contributed by atoms with Gasteiger partial charge in [0.2, 0.25) is 0 Å². The van der Waals surface area contributed by atoms with Crippen molar-refractivity contribution in [2.24, 2.45) is 7.05 Å². The molecule has 0 bridgehead atoms. The molecule has 0 aliphatic rings. The molecule has 5 nitrogen and oxygen atoms in total. The van der Waals surface area contributed by atoms with Crippen molar-refractivity contribution in [1.82, 2.24) is 9.78 Å². The summed E-state index contributed by atoms with van der Waals surface area (Å²) < 4.78 is 30.2. The molecule has 0 fully saturated rings. The van der Waals surface area contributed by atoms with E-state index in [0.29, 0.717) is 23.5 Å². The summed E-state index contributed by atoms with van der Waals surface area (Å²) in [5.74, 6) is 0.622. The molecule has 1 heterocycles. The third-order valence-corrected chi connectivity index (χ3v) is 4.34. The Kier molecular flexibility index (Phi) is 4.06. The Bertz CT molecular complexity index is 738. The standard InChI is InChI=1S/C13H15ClN2O3S/c1-9-7-13(20(14,17)18)10(2)6-12(9)19-8-11-4-5-16(3)15-11/h4-7H,8H2,1-3H3. The van der Waals surface area contributed by atoms with Gasteiger partial charge in [-0.25, -0.2) is 8.42 Å². The summed E-state index contributed by atoms with van der Waals surface area (Å²) in [7, 11) is 3.48. The minimum Gasteiger partial charge on any atom is -0.487 e. The van der Waals surface area contributed by atoms with E-state index in [-0.39, 0.29) is 4.90 Å². The number of nitrogens with zero attached hydrogens (tertiary/aromatic N) is 2. The highest BCUT2D eigenvalue weighted by atomic mass is 35.7. The molecule has 0 aliphatic heterocycles. The molecule has 0 N–H and O–H groups in total. The van der Waals surface area contributed by atoms with Crippen LogP contribution in [0.3, 0.4) is 0 Å². The van der Waals surface area contributed by atoms with Crippen molar-refractivity contribution in [2.75, 3.05) is 0 Å². The Morgan fingerprint density at radius 1 is 1.30 bits per heavy atom. The predicted octanol–water partition coefficient (Wildman–Crippen LogP) is 2.54. The van der Waals surface area contributed by atoms with Crippen LogP contribution in [0.25, 0.3) is 0 Å². The van der Waals surface area contributed by atoms with Crippen molar-refractivity contribution in [3.05, 3.63) is 41.2 Å². The van der Waals surface area contributed by atoms with Gasteiger partial charge in [0, 0.05) is 23.9 Å². The minimum absolute atomic E-state index is 0.113. The minimum atomic E-state index is -3.74. The third kappa shape index (κ3) is 3.32. The molecule has 1 aromatic carbocycles. The van der Waals surface area contributed by atoms with E-state index in [2.05, 4.69) is 5.10 Å². The van der Waals surface area contributed by atoms with E-state index in [1.807, 2.05) is 19.3 Å². The highest BCUT2D eigenvalue weighted by Crippen LogP contribution is 2.28. The van der Waals surface area contributed by atoms with Crippen LogP contribution >= 0.6 is 10.7 Å². The first-order valence-electron chi connectivity index (χ1n) is 5.94. The summed E-state index contributed by atoms with van der Waals surface area (Å²) in [5.41, 5.74) is 2.07. The third-order valence-electron chi connectivity index (χ3n) is 2.88. The molecule has 7 heteroatoms. The lowest BCUT2D eigenvalue weighted by Crippen LogP contribution is -2.02. The monoisotopic (exact) mass is 314 g/mol. The topological polar surface area (TPSA) is 61.2 Å². The van der Waals surface area contributed by atoms with Gasteiger partial charge in [-0.1, -0.05) is 0 Å². The van der Waals surface area contributed by atoms with Crippen LogP contribution in [0, 0.1) is 13.8 Å². The molecule has 2 aromatic rings. The average molecular weight is 315 g/mol. The average Bonchev–Trinajstić information content (AvgIpc) is 2.74. The van der Waals surface area contributed by atoms with Gasteiger partial charge < -0.3 is 4.74 Å². The fourth-order valence-electron chi connectivity index (χ4n) is 1.87. The molecule has 0 atom stereocenters. The molecular weight excluding hydrogens is 300 g/mol. The van der Waals surface area contributed by atoms with Crippen LogP contribution in [0.1, 0.15) is 16.8 Å². The Labute approximate surface area is 122 Å². The normalized spacial score (nSPS) is 11.6. The second-order valence-electron chi connectivity index (χ2n) is 4.59. The zero-order valence-electron chi connectivity index (χ0n) is 11.4. The van der Waals surface area contributed by atoms with Gasteiger partial charge in [0.05, 0.1) is 10.6 Å². The van der Waals surface area contributed by atoms with E-state index in [4.69, 9.17) is 15.4 Å². The number of rotatable bonds is 4. The first-order valence-corrected chi connectivity index (χ1v) is 8.25. The molecule has 0 saturated heterocycles. The van der Waals surface area contributed by atoms with E-state index in [9.17, 15) is 8.42 Å². The van der Waals surface area contributed by atoms with Crippen LogP contribution in [-0.4, -0.2) is 18.2 Å². The molecule has 0 amide bonds. The summed E-state index contributed by atoms with van der Waals surface area (Å²) in [6, 6.07) is 5.05. The number of halogens is 1. The van der Waals surface area contributed by atoms with Crippen molar-refractivity contribution in [2.45, 2.75) is 25.3 Å². The van der Waals surface area contributed by atoms with Gasteiger partial charge >= 0.3 is 0 Å². The van der Waals surface area contributed by atoms with Gasteiger partial charge in [-0.2, -0.15) is 5.10 Å². The molecule has 0 unspecified atom stereocenters. The second kappa shape index (κ2) is 5.46. The van der Waals surface area contributed by atoms with E-state index in [0.717, 1.165) is 5.69 Å². The summed E-state index contributed by atoms with van der Waals surface area (Å²) in [6.45, 7) is 3.79. The van der Waals surface area contributed by atoms with Crippen molar-refractivity contribution >= 4 is 19.7 Å². The Morgan fingerprint density at radius 2 is 2.00 bits per heavy atom. The van der Waals surface area contributed by atoms with Crippen molar-refractivity contribution < 1.29 is 13.2 Å². The molecular formula is C13H15ClN2O3S. The summed E-state index contributed by atoms with van der Waals surface area (Å²) in [4.78, 5) is 0.113. The lowest BCUT2D eigenvalue weighted by molar-refractivity contribution is 0.297. The molecule has 2 rings (SSSR count). The molecule has 0 saturated carbocycles. The van der Waals surface area contributed by atoms with Crippen molar-refractivity contribution in [3.63, 3.8) is 0 Å². The molecule has 108 valence electrons. The van der Waals surface area contributed by atoms with Crippen LogP contribution in [0.4, 0.5) is 0 Å². The van der Waals surface area contributed by atoms with Crippen LogP contribution in [-0.2, 0) is 22.7 Å². The number of aryl methyl sites for hydroxylation is 3. The van der Waals surface area contributed by atoms with Gasteiger partial charge in [0.25, 0.3) is 9.05 Å². The van der Waals surface area contributed by atoms with Gasteiger partial charge in [-0.15, -0.1) is 0 Å². The number of aromatic nitrogens is 2. The number of hydrogen-bond donors (Lipinski definition) is 0. The highest BCUT2D eigenvalue weighted by Gasteiger charge is 2.16. The first kappa shape index (κ1) is 14.9. The smallest absolute Gasteiger partial charge is 0.261 e. The Morgan fingerprint density at radius 3 is 2.55 bits per heavy atom. The maximum absolute atomic E-state index is 11.4. The SMILES string of the molecule is Cc1cc(S(=O)(=O)Cl)c(C)cc1OCc1ccn(C)n1. The second-order valence-corrected chi connectivity index (χ2v) is 7.12.